The van der Waals surface area contributed by atoms with E-state index in [0.717, 1.165) is 62.0 Å². The highest BCUT2D eigenvalue weighted by atomic mass is 35.5. The predicted molar refractivity (Wildman–Crippen MR) is 432 cm³/mol. The number of ether oxygens (including phenoxy) is 3. The number of fused-ring (bicyclic) bond motifs is 4. The quantitative estimate of drug-likeness (QED) is 0.0352. The number of pyridine rings is 4. The number of hydrogen-bond donors (Lipinski definition) is 4. The lowest BCUT2D eigenvalue weighted by Crippen LogP contribution is -2.43. The first kappa shape index (κ1) is 100. The number of nitrogens with one attached hydrogen (secondary N) is 1. The van der Waals surface area contributed by atoms with Crippen molar-refractivity contribution in [3.63, 3.8) is 0 Å². The molecular weight excluding hydrogens is 1910 g/mol. The van der Waals surface area contributed by atoms with Crippen molar-refractivity contribution in [2.45, 2.75) is 64.1 Å². The number of halogens is 25. The van der Waals surface area contributed by atoms with Gasteiger partial charge in [0.1, 0.15) is 115 Å². The zero-order chi connectivity index (χ0) is 99.8. The normalized spacial score (nSPS) is 12.0. The zero-order valence-electron chi connectivity index (χ0n) is 67.9. The number of aromatic nitrogens is 10. The monoisotopic (exact) mass is 1960 g/mol. The highest BCUT2D eigenvalue weighted by Gasteiger charge is 2.40. The Hall–Kier alpha value is -15.9. The van der Waals surface area contributed by atoms with Crippen molar-refractivity contribution in [1.29, 1.82) is 0 Å². The fourth-order valence-electron chi connectivity index (χ4n) is 12.8. The Labute approximate surface area is 752 Å². The molecule has 137 heavy (non-hydrogen) atoms. The standard InChI is InChI=1S/C22H15F6N3O3.C22H13F6N3O3.C22H11F6N3O3.C15H9F3N2O2.C7H3ClF3NO/c3*23-12-4-17(24)15(18(25)5-12)8-31-10-30-20(33)14-6-13(1-2-19(14)31)34-21-16(22(26,27)28)3-11(9-32)7-29-21;16-8-3-12(17)11(13(18)4-8)6-20-7-19-15(22)10-5-9(21)1-2-14(10)20;8-6-5(7(9,10)11)1-4(3-13)2-12-6/h1-7,32H,8-10H2,(H,30,33);1-7,10,32H,8-9H2;1-7,9-10H,8H2;1-5,7,21H,6H2;1-3H. The topological polar surface area (TPSA) is 311 Å². The van der Waals surface area contributed by atoms with Crippen molar-refractivity contribution in [1.82, 2.24) is 53.9 Å². The van der Waals surface area contributed by atoms with E-state index >= 15 is 0 Å². The molecule has 8 aromatic carbocycles. The molecule has 49 heteroatoms. The number of carbonyl (C=O) groups is 3. The molecule has 8 heterocycles. The first-order valence-corrected chi connectivity index (χ1v) is 38.4. The number of aliphatic hydroxyl groups is 2. The Kier molecular flexibility index (Phi) is 30.2. The number of benzene rings is 8. The van der Waals surface area contributed by atoms with Crippen molar-refractivity contribution in [3.05, 3.63) is 368 Å². The Balaban J connectivity index is 0.000000158. The van der Waals surface area contributed by atoms with Gasteiger partial charge >= 0.3 is 24.7 Å². The maximum atomic E-state index is 14.1. The number of anilines is 1. The molecule has 7 aromatic heterocycles. The van der Waals surface area contributed by atoms with Gasteiger partial charge in [0, 0.05) is 107 Å². The lowest BCUT2D eigenvalue weighted by atomic mass is 10.1. The lowest BCUT2D eigenvalue weighted by Gasteiger charge is -2.31. The number of hydrogen-bond acceptors (Lipinski definition) is 20. The van der Waals surface area contributed by atoms with Crippen LogP contribution in [0.1, 0.15) is 86.7 Å². The van der Waals surface area contributed by atoms with Gasteiger partial charge in [0.2, 0.25) is 17.6 Å². The molecular formula is C88H51ClF24N12O12. The molecule has 0 saturated carbocycles. The Morgan fingerprint density at radius 3 is 1.04 bits per heavy atom. The number of phenols is 1. The van der Waals surface area contributed by atoms with Crippen LogP contribution < -0.4 is 41.1 Å². The van der Waals surface area contributed by atoms with E-state index in [1.165, 1.54) is 73.2 Å². The van der Waals surface area contributed by atoms with E-state index in [0.29, 0.717) is 78.3 Å². The lowest BCUT2D eigenvalue weighted by molar-refractivity contribution is -0.139. The summed E-state index contributed by atoms with van der Waals surface area (Å²) in [6, 6.07) is 21.9. The summed E-state index contributed by atoms with van der Waals surface area (Å²) < 4.78 is 341. The third kappa shape index (κ3) is 24.0. The summed E-state index contributed by atoms with van der Waals surface area (Å²) in [5.74, 6) is -16.8. The second-order valence-electron chi connectivity index (χ2n) is 28.5. The average molecular weight is 1960 g/mol. The van der Waals surface area contributed by atoms with E-state index in [-0.39, 0.29) is 122 Å². The molecule has 0 atom stereocenters. The maximum Gasteiger partial charge on any atom is 0.421 e. The average Bonchev–Trinajstić information content (AvgIpc) is 0.788. The van der Waals surface area contributed by atoms with Crippen LogP contribution in [0.5, 0.6) is 40.6 Å². The fourth-order valence-corrected chi connectivity index (χ4v) is 13.0. The first-order chi connectivity index (χ1) is 64.6. The van der Waals surface area contributed by atoms with E-state index in [9.17, 15) is 139 Å². The van der Waals surface area contributed by atoms with Gasteiger partial charge in [-0.1, -0.05) is 11.6 Å². The Morgan fingerprint density at radius 2 is 0.686 bits per heavy atom. The van der Waals surface area contributed by atoms with Crippen molar-refractivity contribution in [2.75, 3.05) is 11.6 Å². The number of rotatable bonds is 18. The molecule has 1 aliphatic rings. The molecule has 16 rings (SSSR count). The highest BCUT2D eigenvalue weighted by molar-refractivity contribution is 6.30. The van der Waals surface area contributed by atoms with Crippen molar-refractivity contribution in [2.24, 2.45) is 0 Å². The molecule has 0 bridgehead atoms. The van der Waals surface area contributed by atoms with Crippen molar-refractivity contribution >= 4 is 68.5 Å². The van der Waals surface area contributed by atoms with Gasteiger partial charge in [-0.2, -0.15) is 67.6 Å². The van der Waals surface area contributed by atoms with Crippen LogP contribution in [0, 0.1) is 69.8 Å². The zero-order valence-corrected chi connectivity index (χ0v) is 68.6. The van der Waals surface area contributed by atoms with Gasteiger partial charge in [0.15, 0.2) is 12.6 Å². The third-order valence-electron chi connectivity index (χ3n) is 19.3. The van der Waals surface area contributed by atoms with Crippen LogP contribution in [0.15, 0.2) is 204 Å². The van der Waals surface area contributed by atoms with Crippen LogP contribution in [0.25, 0.3) is 32.7 Å². The van der Waals surface area contributed by atoms with Crippen LogP contribution >= 0.6 is 11.6 Å². The summed E-state index contributed by atoms with van der Waals surface area (Å²) in [6.45, 7) is -2.95. The molecule has 4 N–H and O–H groups in total. The number of nitrogens with zero attached hydrogens (tertiary/aromatic N) is 11. The highest BCUT2D eigenvalue weighted by Crippen LogP contribution is 2.43. The third-order valence-corrected chi connectivity index (χ3v) is 19.6. The number of aromatic hydroxyl groups is 1. The van der Waals surface area contributed by atoms with Crippen molar-refractivity contribution < 1.29 is 149 Å². The first-order valence-electron chi connectivity index (χ1n) is 38.1. The van der Waals surface area contributed by atoms with E-state index in [1.54, 1.807) is 0 Å². The molecule has 24 nitrogen and oxygen atoms in total. The minimum atomic E-state index is -4.88. The van der Waals surface area contributed by atoms with Gasteiger partial charge in [-0.25, -0.2) is 72.6 Å². The summed E-state index contributed by atoms with van der Waals surface area (Å²) in [5.41, 5.74) is -8.47. The van der Waals surface area contributed by atoms with E-state index in [4.69, 9.17) is 36.0 Å². The number of amides is 1. The molecule has 0 radical (unpaired) electrons. The van der Waals surface area contributed by atoms with Gasteiger partial charge in [0.05, 0.1) is 115 Å². The Morgan fingerprint density at radius 1 is 0.372 bits per heavy atom. The number of aliphatic hydroxyl groups excluding tert-OH is 2. The summed E-state index contributed by atoms with van der Waals surface area (Å²) in [7, 11) is 0. The van der Waals surface area contributed by atoms with E-state index in [2.05, 4.69) is 40.2 Å². The largest absolute Gasteiger partial charge is 0.508 e. The second-order valence-corrected chi connectivity index (χ2v) is 28.9. The fraction of sp³-hybridized carbons (Fsp3) is 0.125. The van der Waals surface area contributed by atoms with Gasteiger partial charge < -0.3 is 53.4 Å². The van der Waals surface area contributed by atoms with Gasteiger partial charge in [0.25, 0.3) is 22.6 Å². The van der Waals surface area contributed by atoms with Gasteiger partial charge in [-0.3, -0.25) is 28.8 Å². The van der Waals surface area contributed by atoms with Crippen LogP contribution in [0.3, 0.4) is 0 Å². The summed E-state index contributed by atoms with van der Waals surface area (Å²) >= 11 is 5.19. The summed E-state index contributed by atoms with van der Waals surface area (Å²) in [6.07, 6.45) is -11.6. The van der Waals surface area contributed by atoms with Crippen LogP contribution in [0.4, 0.5) is 111 Å². The number of carbonyl (C=O) groups excluding carboxylic acids is 3. The molecule has 15 aromatic rings. The predicted octanol–water partition coefficient (Wildman–Crippen LogP) is 19.1. The molecule has 0 aliphatic carbocycles. The van der Waals surface area contributed by atoms with E-state index in [1.807, 2.05) is 0 Å². The minimum Gasteiger partial charge on any atom is -0.508 e. The molecule has 1 aliphatic heterocycles. The molecule has 710 valence electrons. The van der Waals surface area contributed by atoms with E-state index < -0.39 is 205 Å². The summed E-state index contributed by atoms with van der Waals surface area (Å²) in [5, 5.41) is 29.3. The van der Waals surface area contributed by atoms with Gasteiger partial charge in [-0.15, -0.1) is 0 Å². The van der Waals surface area contributed by atoms with Crippen LogP contribution in [0.2, 0.25) is 5.15 Å². The number of phenolic OH excluding ortho intramolecular Hbond substituents is 1. The smallest absolute Gasteiger partial charge is 0.421 e. The Bertz CT molecular complexity index is 7310. The van der Waals surface area contributed by atoms with Crippen molar-refractivity contribution in [3.8, 4) is 40.6 Å². The SMILES string of the molecule is O=C1NCN(Cc2c(F)cc(F)cc2F)c2ccc(Oc3ncc(CO)cc3C(F)(F)F)cc21.O=Cc1cnc(Cl)c(C(F)(F)F)c1.O=Cc1cnc(Oc2ccc3c(c2)c(=O)ncn3Cc2c(F)cc(F)cc2F)c(C(F)(F)F)c1.O=c1ncn(Cc2c(F)cc(F)cc2F)c2ccc(O)cc12.O=c1ncn(Cc2c(F)cc(F)cc2F)c2ccc(Oc3ncc(CO)cc3C(F)(F)F)cc12. The van der Waals surface area contributed by atoms with Gasteiger partial charge in [-0.05, 0) is 108 Å². The van der Waals surface area contributed by atoms with Crippen LogP contribution in [-0.2, 0) is 64.1 Å². The maximum absolute atomic E-state index is 14.1. The molecule has 0 fully saturated rings. The van der Waals surface area contributed by atoms with Crippen LogP contribution in [-0.4, -0.2) is 89.1 Å². The molecule has 0 unspecified atom stereocenters. The second kappa shape index (κ2) is 41.3. The minimum absolute atomic E-state index is 0.0211. The molecule has 1 amide bonds. The summed E-state index contributed by atoms with van der Waals surface area (Å²) in [4.78, 5) is 95.7. The number of aldehydes is 2. The number of alkyl halides is 12. The molecule has 0 saturated heterocycles. The molecule has 0 spiro atoms.